The second-order valence-electron chi connectivity index (χ2n) is 4.30. The average Bonchev–Trinajstić information content (AvgIpc) is 2.33. The number of nitrogens with one attached hydrogen (secondary N) is 1. The molecule has 8 heteroatoms. The Kier molecular flexibility index (Phi) is 5.70. The highest BCUT2D eigenvalue weighted by atomic mass is 35.5. The lowest BCUT2D eigenvalue weighted by Gasteiger charge is -2.14. The van der Waals surface area contributed by atoms with Crippen LogP contribution in [0.5, 0.6) is 0 Å². The summed E-state index contributed by atoms with van der Waals surface area (Å²) >= 11 is 5.75. The second-order valence-corrected chi connectivity index (χ2v) is 6.95. The van der Waals surface area contributed by atoms with Crippen molar-refractivity contribution in [2.45, 2.75) is 35.5 Å². The number of para-hydroxylation sites is 1. The van der Waals surface area contributed by atoms with Gasteiger partial charge < -0.3 is 5.32 Å². The van der Waals surface area contributed by atoms with Gasteiger partial charge in [0.1, 0.15) is 0 Å². The SMILES string of the molecule is CC(Cl)CCCNc1ccccc1S(=O)(=O)C(F)(F)F. The molecular formula is C12H15ClF3NO2S. The van der Waals surface area contributed by atoms with Gasteiger partial charge in [0.15, 0.2) is 0 Å². The van der Waals surface area contributed by atoms with Crippen molar-refractivity contribution < 1.29 is 21.6 Å². The fourth-order valence-corrected chi connectivity index (χ4v) is 2.67. The van der Waals surface area contributed by atoms with Gasteiger partial charge in [-0.3, -0.25) is 0 Å². The molecule has 20 heavy (non-hydrogen) atoms. The van der Waals surface area contributed by atoms with Crippen molar-refractivity contribution in [3.05, 3.63) is 24.3 Å². The molecule has 0 bridgehead atoms. The maximum Gasteiger partial charge on any atom is 0.501 e. The molecule has 0 spiro atoms. The molecule has 0 aliphatic heterocycles. The number of halogens is 4. The summed E-state index contributed by atoms with van der Waals surface area (Å²) in [5.41, 5.74) is -5.36. The number of benzene rings is 1. The van der Waals surface area contributed by atoms with Gasteiger partial charge in [-0.05, 0) is 31.9 Å². The van der Waals surface area contributed by atoms with E-state index >= 15 is 0 Å². The molecule has 1 N–H and O–H groups in total. The fraction of sp³-hybridized carbons (Fsp3) is 0.500. The van der Waals surface area contributed by atoms with E-state index < -0.39 is 20.2 Å². The quantitative estimate of drug-likeness (QED) is 0.638. The predicted molar refractivity (Wildman–Crippen MR) is 72.7 cm³/mol. The number of alkyl halides is 4. The van der Waals surface area contributed by atoms with E-state index in [1.807, 2.05) is 6.92 Å². The Hall–Kier alpha value is -0.950. The van der Waals surface area contributed by atoms with Gasteiger partial charge in [0.25, 0.3) is 9.84 Å². The first-order chi connectivity index (χ1) is 9.16. The van der Waals surface area contributed by atoms with Crippen molar-refractivity contribution in [3.8, 4) is 0 Å². The van der Waals surface area contributed by atoms with Crippen LogP contribution in [0.3, 0.4) is 0 Å². The highest BCUT2D eigenvalue weighted by Gasteiger charge is 2.47. The molecule has 0 aliphatic rings. The van der Waals surface area contributed by atoms with Crippen LogP contribution in [0.4, 0.5) is 18.9 Å². The Morgan fingerprint density at radius 3 is 2.45 bits per heavy atom. The van der Waals surface area contributed by atoms with Crippen molar-refractivity contribution in [1.82, 2.24) is 0 Å². The first-order valence-corrected chi connectivity index (χ1v) is 7.86. The van der Waals surface area contributed by atoms with Gasteiger partial charge in [-0.15, -0.1) is 11.6 Å². The van der Waals surface area contributed by atoms with Crippen LogP contribution in [-0.2, 0) is 9.84 Å². The minimum Gasteiger partial charge on any atom is -0.384 e. The summed E-state index contributed by atoms with van der Waals surface area (Å²) in [6, 6.07) is 4.98. The minimum absolute atomic E-state index is 0.0362. The van der Waals surface area contributed by atoms with Crippen LogP contribution in [0.25, 0.3) is 0 Å². The summed E-state index contributed by atoms with van der Waals surface area (Å²) in [5, 5.41) is 2.67. The average molecular weight is 330 g/mol. The van der Waals surface area contributed by atoms with Gasteiger partial charge in [0.2, 0.25) is 0 Å². The van der Waals surface area contributed by atoms with E-state index in [1.165, 1.54) is 18.2 Å². The lowest BCUT2D eigenvalue weighted by Crippen LogP contribution is -2.24. The van der Waals surface area contributed by atoms with Crippen molar-refractivity contribution in [2.24, 2.45) is 0 Å². The first-order valence-electron chi connectivity index (χ1n) is 5.94. The summed E-state index contributed by atoms with van der Waals surface area (Å²) in [5.74, 6) is 0. The molecule has 0 saturated heterocycles. The predicted octanol–water partition coefficient (Wildman–Crippen LogP) is 3.80. The fourth-order valence-electron chi connectivity index (χ4n) is 1.58. The van der Waals surface area contributed by atoms with Crippen LogP contribution in [0, 0.1) is 0 Å². The third-order valence-corrected chi connectivity index (χ3v) is 4.34. The summed E-state index contributed by atoms with van der Waals surface area (Å²) in [6.07, 6.45) is 1.31. The van der Waals surface area contributed by atoms with Gasteiger partial charge >= 0.3 is 5.51 Å². The van der Waals surface area contributed by atoms with E-state index in [0.29, 0.717) is 19.4 Å². The minimum atomic E-state index is -5.35. The Bertz CT molecular complexity index is 544. The molecule has 1 unspecified atom stereocenters. The van der Waals surface area contributed by atoms with Crippen LogP contribution in [-0.4, -0.2) is 25.8 Å². The molecule has 0 fully saturated rings. The monoisotopic (exact) mass is 329 g/mol. The third kappa shape index (κ3) is 4.28. The molecule has 0 aliphatic carbocycles. The number of hydrogen-bond donors (Lipinski definition) is 1. The van der Waals surface area contributed by atoms with E-state index in [0.717, 1.165) is 6.07 Å². The molecule has 1 aromatic carbocycles. The topological polar surface area (TPSA) is 46.2 Å². The molecule has 0 radical (unpaired) electrons. The Balaban J connectivity index is 2.90. The van der Waals surface area contributed by atoms with Crippen LogP contribution < -0.4 is 5.32 Å². The van der Waals surface area contributed by atoms with Gasteiger partial charge in [0.05, 0.1) is 10.6 Å². The maximum atomic E-state index is 12.6. The molecule has 1 atom stereocenters. The Labute approximate surface area is 121 Å². The van der Waals surface area contributed by atoms with E-state index in [-0.39, 0.29) is 11.1 Å². The Morgan fingerprint density at radius 1 is 1.30 bits per heavy atom. The summed E-state index contributed by atoms with van der Waals surface area (Å²) in [4.78, 5) is -0.758. The molecule has 0 saturated carbocycles. The van der Waals surface area contributed by atoms with Crippen LogP contribution in [0.2, 0.25) is 0 Å². The highest BCUT2D eigenvalue weighted by molar-refractivity contribution is 7.92. The lowest BCUT2D eigenvalue weighted by molar-refractivity contribution is -0.0435. The molecular weight excluding hydrogens is 315 g/mol. The van der Waals surface area contributed by atoms with Gasteiger partial charge in [-0.2, -0.15) is 13.2 Å². The van der Waals surface area contributed by atoms with Crippen LogP contribution in [0.1, 0.15) is 19.8 Å². The van der Waals surface area contributed by atoms with Gasteiger partial charge in [-0.25, -0.2) is 8.42 Å². The summed E-state index contributed by atoms with van der Waals surface area (Å²) in [6.45, 7) is 2.16. The second kappa shape index (κ2) is 6.67. The number of rotatable bonds is 6. The van der Waals surface area contributed by atoms with Crippen molar-refractivity contribution >= 4 is 27.1 Å². The molecule has 3 nitrogen and oxygen atoms in total. The highest BCUT2D eigenvalue weighted by Crippen LogP contribution is 2.34. The largest absolute Gasteiger partial charge is 0.501 e. The first kappa shape index (κ1) is 17.1. The normalized spacial score (nSPS) is 14.1. The number of hydrogen-bond acceptors (Lipinski definition) is 3. The van der Waals surface area contributed by atoms with E-state index in [2.05, 4.69) is 5.32 Å². The zero-order valence-electron chi connectivity index (χ0n) is 10.7. The zero-order valence-corrected chi connectivity index (χ0v) is 12.3. The molecule has 0 heterocycles. The molecule has 114 valence electrons. The molecule has 1 rings (SSSR count). The smallest absolute Gasteiger partial charge is 0.384 e. The standard InChI is InChI=1S/C12H15ClF3NO2S/c1-9(13)5-4-8-17-10-6-2-3-7-11(10)20(18,19)12(14,15)16/h2-3,6-7,9,17H,4-5,8H2,1H3. The van der Waals surface area contributed by atoms with Crippen molar-refractivity contribution in [3.63, 3.8) is 0 Å². The van der Waals surface area contributed by atoms with Crippen LogP contribution in [0.15, 0.2) is 29.2 Å². The van der Waals surface area contributed by atoms with E-state index in [4.69, 9.17) is 11.6 Å². The van der Waals surface area contributed by atoms with Gasteiger partial charge in [0, 0.05) is 11.9 Å². The number of sulfone groups is 1. The van der Waals surface area contributed by atoms with Crippen molar-refractivity contribution in [2.75, 3.05) is 11.9 Å². The molecule has 0 amide bonds. The van der Waals surface area contributed by atoms with Gasteiger partial charge in [-0.1, -0.05) is 12.1 Å². The molecule has 0 aromatic heterocycles. The van der Waals surface area contributed by atoms with E-state index in [9.17, 15) is 21.6 Å². The maximum absolute atomic E-state index is 12.6. The lowest BCUT2D eigenvalue weighted by atomic mass is 10.2. The zero-order chi connectivity index (χ0) is 15.4. The summed E-state index contributed by atoms with van der Waals surface area (Å²) in [7, 11) is -5.35. The summed E-state index contributed by atoms with van der Waals surface area (Å²) < 4.78 is 60.5. The van der Waals surface area contributed by atoms with E-state index in [1.54, 1.807) is 0 Å². The Morgan fingerprint density at radius 2 is 1.90 bits per heavy atom. The third-order valence-electron chi connectivity index (χ3n) is 2.58. The van der Waals surface area contributed by atoms with Crippen molar-refractivity contribution in [1.29, 1.82) is 0 Å². The number of anilines is 1. The van der Waals surface area contributed by atoms with Crippen LogP contribution >= 0.6 is 11.6 Å². The molecule has 1 aromatic rings.